The summed E-state index contributed by atoms with van der Waals surface area (Å²) in [6, 6.07) is 2.53. The highest BCUT2D eigenvalue weighted by molar-refractivity contribution is 5.86. The number of nitrogens with zero attached hydrogens (tertiary/aromatic N) is 1. The standard InChI is InChI=1S/C14H21N3O3/c1-3-10-6-7-12(20-10)11-5-4-8-17(11)13(18)9(2)16-14(15)19/h6-7,9,11H,3-5,8H2,1-2H3,(H3,15,16,19)/t9-,11-/m0/s1. The van der Waals surface area contributed by atoms with E-state index in [0.29, 0.717) is 6.54 Å². The zero-order valence-electron chi connectivity index (χ0n) is 11.9. The summed E-state index contributed by atoms with van der Waals surface area (Å²) in [6.45, 7) is 4.34. The Hall–Kier alpha value is -1.98. The Balaban J connectivity index is 2.10. The topological polar surface area (TPSA) is 88.6 Å². The number of likely N-dealkylation sites (tertiary alicyclic amines) is 1. The Labute approximate surface area is 118 Å². The molecule has 6 nitrogen and oxygen atoms in total. The maximum atomic E-state index is 12.4. The van der Waals surface area contributed by atoms with E-state index in [1.54, 1.807) is 11.8 Å². The lowest BCUT2D eigenvalue weighted by Crippen LogP contribution is -2.48. The monoisotopic (exact) mass is 279 g/mol. The number of carbonyl (C=O) groups excluding carboxylic acids is 2. The fourth-order valence-electron chi connectivity index (χ4n) is 2.61. The van der Waals surface area contributed by atoms with Crippen molar-refractivity contribution in [3.63, 3.8) is 0 Å². The van der Waals surface area contributed by atoms with E-state index in [4.69, 9.17) is 10.2 Å². The molecule has 0 radical (unpaired) electrons. The van der Waals surface area contributed by atoms with Crippen LogP contribution < -0.4 is 11.1 Å². The summed E-state index contributed by atoms with van der Waals surface area (Å²) in [5.74, 6) is 1.61. The average Bonchev–Trinajstić information content (AvgIpc) is 3.05. The Kier molecular flexibility index (Phi) is 4.32. The Morgan fingerprint density at radius 2 is 2.30 bits per heavy atom. The van der Waals surface area contributed by atoms with Crippen LogP contribution in [0.25, 0.3) is 0 Å². The number of furan rings is 1. The summed E-state index contributed by atoms with van der Waals surface area (Å²) in [6.07, 6.45) is 2.65. The van der Waals surface area contributed by atoms with Crippen molar-refractivity contribution in [1.82, 2.24) is 10.2 Å². The first-order valence-corrected chi connectivity index (χ1v) is 6.98. The molecule has 1 fully saturated rings. The first-order chi connectivity index (χ1) is 9.52. The minimum absolute atomic E-state index is 0.0417. The summed E-state index contributed by atoms with van der Waals surface area (Å²) in [7, 11) is 0. The molecule has 1 aromatic rings. The molecular formula is C14H21N3O3. The largest absolute Gasteiger partial charge is 0.464 e. The minimum Gasteiger partial charge on any atom is -0.464 e. The summed E-state index contributed by atoms with van der Waals surface area (Å²) >= 11 is 0. The van der Waals surface area contributed by atoms with Crippen LogP contribution in [0, 0.1) is 0 Å². The van der Waals surface area contributed by atoms with E-state index in [0.717, 1.165) is 30.8 Å². The van der Waals surface area contributed by atoms with E-state index >= 15 is 0 Å². The molecule has 6 heteroatoms. The zero-order valence-corrected chi connectivity index (χ0v) is 11.9. The molecule has 2 heterocycles. The lowest BCUT2D eigenvalue weighted by Gasteiger charge is -2.26. The second kappa shape index (κ2) is 5.98. The van der Waals surface area contributed by atoms with Crippen LogP contribution in [0.1, 0.15) is 44.3 Å². The predicted octanol–water partition coefficient (Wildman–Crippen LogP) is 1.56. The van der Waals surface area contributed by atoms with Crippen molar-refractivity contribution >= 4 is 11.9 Å². The van der Waals surface area contributed by atoms with Crippen LogP contribution in [0.5, 0.6) is 0 Å². The van der Waals surface area contributed by atoms with Gasteiger partial charge in [0.25, 0.3) is 0 Å². The van der Waals surface area contributed by atoms with Crippen LogP contribution in [0.15, 0.2) is 16.5 Å². The highest BCUT2D eigenvalue weighted by Crippen LogP contribution is 2.33. The molecule has 1 aliphatic heterocycles. The number of rotatable bonds is 4. The molecular weight excluding hydrogens is 258 g/mol. The molecule has 0 unspecified atom stereocenters. The van der Waals surface area contributed by atoms with Crippen LogP contribution in [-0.4, -0.2) is 29.4 Å². The number of amides is 3. The molecule has 0 bridgehead atoms. The SMILES string of the molecule is CCc1ccc([C@@H]2CCCN2C(=O)[C@H](C)NC(N)=O)o1. The number of hydrogen-bond acceptors (Lipinski definition) is 3. The molecule has 2 rings (SSSR count). The van der Waals surface area contributed by atoms with Crippen LogP contribution in [0.3, 0.4) is 0 Å². The van der Waals surface area contributed by atoms with Crippen molar-refractivity contribution in [2.75, 3.05) is 6.54 Å². The third-order valence-electron chi connectivity index (χ3n) is 3.62. The van der Waals surface area contributed by atoms with Gasteiger partial charge < -0.3 is 20.4 Å². The van der Waals surface area contributed by atoms with E-state index in [9.17, 15) is 9.59 Å². The third kappa shape index (κ3) is 2.95. The van der Waals surface area contributed by atoms with Gasteiger partial charge in [0.1, 0.15) is 17.6 Å². The molecule has 0 spiro atoms. The van der Waals surface area contributed by atoms with Crippen molar-refractivity contribution in [3.8, 4) is 0 Å². The van der Waals surface area contributed by atoms with Gasteiger partial charge in [-0.2, -0.15) is 0 Å². The van der Waals surface area contributed by atoms with Gasteiger partial charge in [-0.1, -0.05) is 6.92 Å². The average molecular weight is 279 g/mol. The maximum Gasteiger partial charge on any atom is 0.312 e. The number of urea groups is 1. The quantitative estimate of drug-likeness (QED) is 0.876. The number of nitrogens with two attached hydrogens (primary N) is 1. The summed E-state index contributed by atoms with van der Waals surface area (Å²) < 4.78 is 5.75. The van der Waals surface area contributed by atoms with E-state index in [1.165, 1.54) is 0 Å². The molecule has 1 saturated heterocycles. The summed E-state index contributed by atoms with van der Waals surface area (Å²) in [5.41, 5.74) is 5.06. The lowest BCUT2D eigenvalue weighted by atomic mass is 10.1. The van der Waals surface area contributed by atoms with Gasteiger partial charge in [-0.25, -0.2) is 4.79 Å². The van der Waals surface area contributed by atoms with E-state index in [2.05, 4.69) is 5.32 Å². The van der Waals surface area contributed by atoms with Crippen LogP contribution >= 0.6 is 0 Å². The fraction of sp³-hybridized carbons (Fsp3) is 0.571. The lowest BCUT2D eigenvalue weighted by molar-refractivity contribution is -0.134. The number of primary amides is 1. The fourth-order valence-corrected chi connectivity index (χ4v) is 2.61. The summed E-state index contributed by atoms with van der Waals surface area (Å²) in [5, 5.41) is 2.42. The first-order valence-electron chi connectivity index (χ1n) is 6.98. The molecule has 0 saturated carbocycles. The number of carbonyl (C=O) groups is 2. The zero-order chi connectivity index (χ0) is 14.7. The molecule has 0 aliphatic carbocycles. The molecule has 3 amide bonds. The van der Waals surface area contributed by atoms with Gasteiger partial charge in [0, 0.05) is 13.0 Å². The number of hydrogen-bond donors (Lipinski definition) is 2. The molecule has 110 valence electrons. The smallest absolute Gasteiger partial charge is 0.312 e. The summed E-state index contributed by atoms with van der Waals surface area (Å²) in [4.78, 5) is 25.0. The normalized spacial score (nSPS) is 19.9. The van der Waals surface area contributed by atoms with Gasteiger partial charge in [-0.05, 0) is 31.9 Å². The van der Waals surface area contributed by atoms with Gasteiger partial charge in [0.15, 0.2) is 0 Å². The highest BCUT2D eigenvalue weighted by Gasteiger charge is 2.34. The van der Waals surface area contributed by atoms with Gasteiger partial charge in [0.05, 0.1) is 6.04 Å². The van der Waals surface area contributed by atoms with E-state index in [1.807, 2.05) is 19.1 Å². The second-order valence-electron chi connectivity index (χ2n) is 5.08. The Morgan fingerprint density at radius 3 is 2.90 bits per heavy atom. The third-order valence-corrected chi connectivity index (χ3v) is 3.62. The highest BCUT2D eigenvalue weighted by atomic mass is 16.3. The number of aryl methyl sites for hydroxylation is 1. The van der Waals surface area contributed by atoms with Crippen molar-refractivity contribution in [3.05, 3.63) is 23.7 Å². The van der Waals surface area contributed by atoms with Gasteiger partial charge in [0.2, 0.25) is 5.91 Å². The van der Waals surface area contributed by atoms with Gasteiger partial charge >= 0.3 is 6.03 Å². The molecule has 1 aliphatic rings. The van der Waals surface area contributed by atoms with E-state index in [-0.39, 0.29) is 11.9 Å². The molecule has 20 heavy (non-hydrogen) atoms. The van der Waals surface area contributed by atoms with Crippen molar-refractivity contribution in [2.45, 2.75) is 45.2 Å². The molecule has 1 aromatic heterocycles. The second-order valence-corrected chi connectivity index (χ2v) is 5.08. The molecule has 2 atom stereocenters. The Morgan fingerprint density at radius 1 is 1.55 bits per heavy atom. The van der Waals surface area contributed by atoms with E-state index < -0.39 is 12.1 Å². The van der Waals surface area contributed by atoms with Gasteiger partial charge in [-0.15, -0.1) is 0 Å². The molecule has 3 N–H and O–H groups in total. The number of nitrogens with one attached hydrogen (secondary N) is 1. The van der Waals surface area contributed by atoms with Crippen LogP contribution in [-0.2, 0) is 11.2 Å². The first kappa shape index (κ1) is 14.4. The van der Waals surface area contributed by atoms with Gasteiger partial charge in [-0.3, -0.25) is 4.79 Å². The predicted molar refractivity (Wildman–Crippen MR) is 74.0 cm³/mol. The van der Waals surface area contributed by atoms with Crippen molar-refractivity contribution in [2.24, 2.45) is 5.73 Å². The minimum atomic E-state index is -0.687. The van der Waals surface area contributed by atoms with Crippen LogP contribution in [0.4, 0.5) is 4.79 Å². The maximum absolute atomic E-state index is 12.4. The van der Waals surface area contributed by atoms with Crippen LogP contribution in [0.2, 0.25) is 0 Å². The molecule has 0 aromatic carbocycles. The van der Waals surface area contributed by atoms with Crippen molar-refractivity contribution < 1.29 is 14.0 Å². The van der Waals surface area contributed by atoms with Crippen molar-refractivity contribution in [1.29, 1.82) is 0 Å². The Bertz CT molecular complexity index is 498.